The van der Waals surface area contributed by atoms with Gasteiger partial charge in [-0.1, -0.05) is 18.7 Å². The Kier molecular flexibility index (Phi) is 5.86. The van der Waals surface area contributed by atoms with E-state index >= 15 is 0 Å². The zero-order valence-electron chi connectivity index (χ0n) is 20.1. The highest BCUT2D eigenvalue weighted by molar-refractivity contribution is 7.24. The number of fused-ring (bicyclic) bond motifs is 5. The molecule has 0 amide bonds. The molecule has 0 saturated carbocycles. The van der Waals surface area contributed by atoms with E-state index in [1.54, 1.807) is 23.7 Å². The van der Waals surface area contributed by atoms with Crippen LogP contribution in [0.1, 0.15) is 23.4 Å². The summed E-state index contributed by atoms with van der Waals surface area (Å²) in [5.74, 6) is 0.900. The van der Waals surface area contributed by atoms with Gasteiger partial charge in [-0.05, 0) is 44.2 Å². The van der Waals surface area contributed by atoms with Crippen molar-refractivity contribution < 1.29 is 0 Å². The molecule has 36 heavy (non-hydrogen) atoms. The minimum Gasteiger partial charge on any atom is -0.379 e. The number of hydrogen-bond acceptors (Lipinski definition) is 8. The quantitative estimate of drug-likeness (QED) is 0.383. The minimum absolute atomic E-state index is 0.0689. The Hall–Kier alpha value is -3.82. The van der Waals surface area contributed by atoms with Crippen LogP contribution in [-0.2, 0) is 6.54 Å². The van der Waals surface area contributed by atoms with E-state index in [9.17, 15) is 4.79 Å². The largest absolute Gasteiger partial charge is 0.379 e. The fourth-order valence-corrected chi connectivity index (χ4v) is 5.90. The summed E-state index contributed by atoms with van der Waals surface area (Å²) in [6, 6.07) is 12.1. The molecule has 4 aromatic heterocycles. The second-order valence-corrected chi connectivity index (χ2v) is 10.1. The molecule has 2 N–H and O–H groups in total. The van der Waals surface area contributed by atoms with Crippen molar-refractivity contribution in [1.82, 2.24) is 30.0 Å². The fourth-order valence-electron chi connectivity index (χ4n) is 4.69. The molecule has 0 bridgehead atoms. The van der Waals surface area contributed by atoms with E-state index < -0.39 is 0 Å². The van der Waals surface area contributed by atoms with E-state index in [-0.39, 0.29) is 5.43 Å². The topological polar surface area (TPSA) is 87.5 Å². The molecule has 1 aliphatic rings. The number of nitrogens with one attached hydrogen (secondary N) is 2. The van der Waals surface area contributed by atoms with Crippen LogP contribution in [0.15, 0.2) is 60.2 Å². The van der Waals surface area contributed by atoms with Crippen LogP contribution in [0.2, 0.25) is 0 Å². The SMILES string of the molecule is C=C(NCc1cnc(C)cn1)c1c(=O)c2ccc(N3CCCNCC3)nc2n2c1sc1ccccc12. The highest BCUT2D eigenvalue weighted by Gasteiger charge is 2.21. The molecular weight excluding hydrogens is 470 g/mol. The summed E-state index contributed by atoms with van der Waals surface area (Å²) in [4.78, 5) is 30.8. The summed E-state index contributed by atoms with van der Waals surface area (Å²) in [7, 11) is 0. The Morgan fingerprint density at radius 3 is 2.89 bits per heavy atom. The second kappa shape index (κ2) is 9.33. The highest BCUT2D eigenvalue weighted by atomic mass is 32.1. The van der Waals surface area contributed by atoms with Crippen molar-refractivity contribution in [2.24, 2.45) is 0 Å². The number of hydrogen-bond donors (Lipinski definition) is 2. The van der Waals surface area contributed by atoms with E-state index in [4.69, 9.17) is 4.98 Å². The minimum atomic E-state index is -0.0689. The van der Waals surface area contributed by atoms with Crippen molar-refractivity contribution in [3.05, 3.63) is 82.5 Å². The third kappa shape index (κ3) is 4.00. The second-order valence-electron chi connectivity index (χ2n) is 9.03. The van der Waals surface area contributed by atoms with Crippen LogP contribution < -0.4 is 21.0 Å². The van der Waals surface area contributed by atoms with Gasteiger partial charge in [0.25, 0.3) is 0 Å². The summed E-state index contributed by atoms with van der Waals surface area (Å²) >= 11 is 1.58. The maximum absolute atomic E-state index is 13.9. The molecule has 0 radical (unpaired) electrons. The average molecular weight is 498 g/mol. The molecule has 1 fully saturated rings. The number of aromatic nitrogens is 4. The average Bonchev–Trinajstić information content (AvgIpc) is 3.07. The van der Waals surface area contributed by atoms with Crippen LogP contribution in [0, 0.1) is 6.92 Å². The van der Waals surface area contributed by atoms with Gasteiger partial charge in [0.15, 0.2) is 5.65 Å². The molecule has 6 rings (SSSR count). The molecule has 5 aromatic rings. The summed E-state index contributed by atoms with van der Waals surface area (Å²) in [6.45, 7) is 10.3. The molecule has 0 aliphatic carbocycles. The van der Waals surface area contributed by atoms with Gasteiger partial charge < -0.3 is 15.5 Å². The van der Waals surface area contributed by atoms with Crippen LogP contribution >= 0.6 is 11.3 Å². The maximum Gasteiger partial charge on any atom is 0.201 e. The van der Waals surface area contributed by atoms with Crippen molar-refractivity contribution in [1.29, 1.82) is 0 Å². The van der Waals surface area contributed by atoms with Gasteiger partial charge in [-0.15, -0.1) is 11.3 Å². The Labute approximate surface area is 212 Å². The van der Waals surface area contributed by atoms with Gasteiger partial charge in [0.2, 0.25) is 5.43 Å². The normalized spacial score (nSPS) is 14.4. The first-order valence-electron chi connectivity index (χ1n) is 12.1. The molecule has 0 atom stereocenters. The van der Waals surface area contributed by atoms with Gasteiger partial charge in [0, 0.05) is 31.5 Å². The lowest BCUT2D eigenvalue weighted by molar-refractivity contribution is 0.724. The maximum atomic E-state index is 13.9. The summed E-state index contributed by atoms with van der Waals surface area (Å²) in [5, 5.41) is 7.33. The number of aryl methyl sites for hydroxylation is 1. The van der Waals surface area contributed by atoms with Crippen LogP contribution in [0.5, 0.6) is 0 Å². The van der Waals surface area contributed by atoms with Gasteiger partial charge >= 0.3 is 0 Å². The molecule has 1 aromatic carbocycles. The lowest BCUT2D eigenvalue weighted by atomic mass is 10.1. The van der Waals surface area contributed by atoms with Crippen LogP contribution in [0.25, 0.3) is 31.8 Å². The van der Waals surface area contributed by atoms with Gasteiger partial charge in [-0.25, -0.2) is 4.98 Å². The zero-order valence-corrected chi connectivity index (χ0v) is 20.9. The lowest BCUT2D eigenvalue weighted by Crippen LogP contribution is -2.29. The van der Waals surface area contributed by atoms with Gasteiger partial charge in [0.1, 0.15) is 10.6 Å². The van der Waals surface area contributed by atoms with Crippen LogP contribution in [0.4, 0.5) is 5.82 Å². The molecule has 182 valence electrons. The Morgan fingerprint density at radius 1 is 1.14 bits per heavy atom. The van der Waals surface area contributed by atoms with E-state index in [2.05, 4.69) is 48.6 Å². The lowest BCUT2D eigenvalue weighted by Gasteiger charge is -2.21. The number of rotatable bonds is 5. The van der Waals surface area contributed by atoms with Crippen molar-refractivity contribution in [2.45, 2.75) is 19.9 Å². The predicted molar refractivity (Wildman–Crippen MR) is 147 cm³/mol. The van der Waals surface area contributed by atoms with Crippen LogP contribution in [0.3, 0.4) is 0 Å². The molecule has 5 heterocycles. The van der Waals surface area contributed by atoms with Crippen molar-refractivity contribution in [2.75, 3.05) is 31.1 Å². The van der Waals surface area contributed by atoms with Crippen molar-refractivity contribution in [3.8, 4) is 0 Å². The zero-order chi connectivity index (χ0) is 24.6. The molecule has 0 spiro atoms. The molecular formula is C27H27N7OS. The van der Waals surface area contributed by atoms with Gasteiger partial charge in [0.05, 0.1) is 45.3 Å². The third-order valence-electron chi connectivity index (χ3n) is 6.56. The molecule has 0 unspecified atom stereocenters. The smallest absolute Gasteiger partial charge is 0.201 e. The van der Waals surface area contributed by atoms with Gasteiger partial charge in [-0.2, -0.15) is 0 Å². The number of pyridine rings is 2. The summed E-state index contributed by atoms with van der Waals surface area (Å²) in [6.07, 6.45) is 4.53. The Morgan fingerprint density at radius 2 is 2.03 bits per heavy atom. The molecule has 9 heteroatoms. The first-order valence-corrected chi connectivity index (χ1v) is 12.9. The van der Waals surface area contributed by atoms with Gasteiger partial charge in [-0.3, -0.25) is 19.2 Å². The first-order chi connectivity index (χ1) is 17.6. The monoisotopic (exact) mass is 497 g/mol. The third-order valence-corrected chi connectivity index (χ3v) is 7.70. The fraction of sp³-hybridized carbons (Fsp3) is 0.259. The molecule has 1 aliphatic heterocycles. The number of thiazole rings is 1. The highest BCUT2D eigenvalue weighted by Crippen LogP contribution is 2.33. The molecule has 8 nitrogen and oxygen atoms in total. The number of para-hydroxylation sites is 1. The van der Waals surface area contributed by atoms with E-state index in [0.29, 0.717) is 28.8 Å². The van der Waals surface area contributed by atoms with E-state index in [0.717, 1.165) is 64.9 Å². The number of anilines is 1. The van der Waals surface area contributed by atoms with Crippen molar-refractivity contribution in [3.63, 3.8) is 0 Å². The summed E-state index contributed by atoms with van der Waals surface area (Å²) in [5.41, 5.74) is 4.43. The van der Waals surface area contributed by atoms with Crippen LogP contribution in [-0.4, -0.2) is 45.5 Å². The number of benzene rings is 1. The molecule has 1 saturated heterocycles. The summed E-state index contributed by atoms with van der Waals surface area (Å²) < 4.78 is 3.21. The van der Waals surface area contributed by atoms with E-state index in [1.807, 2.05) is 31.2 Å². The first kappa shape index (κ1) is 22.6. The number of nitrogens with zero attached hydrogens (tertiary/aromatic N) is 5. The predicted octanol–water partition coefficient (Wildman–Crippen LogP) is 3.72. The Bertz CT molecular complexity index is 1650. The van der Waals surface area contributed by atoms with Crippen molar-refractivity contribution >= 4 is 48.9 Å². The standard InChI is InChI=1S/C27H27N7OS/c1-17-14-31-19(15-29-17)16-30-18(2)24-25(35)20-8-9-23(33-12-5-10-28-11-13-33)32-26(20)34-21-6-3-4-7-22(21)36-27(24)34/h3-4,6-9,14-15,28,30H,2,5,10-13,16H2,1H3. The Balaban J connectivity index is 1.50. The van der Waals surface area contributed by atoms with E-state index in [1.165, 1.54) is 0 Å².